The molecule has 0 aliphatic rings. The zero-order valence-electron chi connectivity index (χ0n) is 14.1. The number of nitrogen functional groups attached to an aromatic ring is 1. The van der Waals surface area contributed by atoms with Crippen LogP contribution in [0.2, 0.25) is 0 Å². The number of aromatic nitrogens is 2. The van der Waals surface area contributed by atoms with Crippen LogP contribution in [-0.2, 0) is 0 Å². The first-order valence-electron chi connectivity index (χ1n) is 8.04. The Morgan fingerprint density at radius 1 is 1.26 bits per heavy atom. The summed E-state index contributed by atoms with van der Waals surface area (Å²) < 4.78 is 15.0. The fraction of sp³-hybridized carbons (Fsp3) is 0.105. The molecule has 1 atom stereocenters. The Balaban J connectivity index is 1.85. The SMILES string of the molecule is Nc1ncc(Br)nc1-c1ccc(C(=O)NC(CO)c2ccccc2)c(F)c1. The molecule has 0 bridgehead atoms. The molecule has 1 unspecified atom stereocenters. The van der Waals surface area contributed by atoms with Gasteiger partial charge in [-0.2, -0.15) is 0 Å². The molecular weight excluding hydrogens is 415 g/mol. The van der Waals surface area contributed by atoms with E-state index in [2.05, 4.69) is 31.2 Å². The van der Waals surface area contributed by atoms with Gasteiger partial charge in [0, 0.05) is 5.56 Å². The minimum atomic E-state index is -0.726. The summed E-state index contributed by atoms with van der Waals surface area (Å²) >= 11 is 3.20. The average Bonchev–Trinajstić information content (AvgIpc) is 2.68. The molecule has 1 heterocycles. The van der Waals surface area contributed by atoms with E-state index in [9.17, 15) is 14.3 Å². The summed E-state index contributed by atoms with van der Waals surface area (Å²) in [5.41, 5.74) is 7.09. The number of amides is 1. The van der Waals surface area contributed by atoms with Crippen molar-refractivity contribution >= 4 is 27.7 Å². The summed E-state index contributed by atoms with van der Waals surface area (Å²) in [7, 11) is 0. The van der Waals surface area contributed by atoms with Gasteiger partial charge in [-0.05, 0) is 33.6 Å². The Bertz CT molecular complexity index is 969. The summed E-state index contributed by atoms with van der Waals surface area (Å²) in [6, 6.07) is 12.4. The van der Waals surface area contributed by atoms with Crippen LogP contribution >= 0.6 is 15.9 Å². The van der Waals surface area contributed by atoms with Crippen LogP contribution in [-0.4, -0.2) is 27.6 Å². The molecule has 0 saturated heterocycles. The molecule has 138 valence electrons. The van der Waals surface area contributed by atoms with Crippen molar-refractivity contribution in [3.63, 3.8) is 0 Å². The molecule has 0 aliphatic carbocycles. The van der Waals surface area contributed by atoms with E-state index in [1.165, 1.54) is 18.3 Å². The van der Waals surface area contributed by atoms with Gasteiger partial charge in [-0.15, -0.1) is 0 Å². The van der Waals surface area contributed by atoms with Gasteiger partial charge in [-0.3, -0.25) is 4.79 Å². The van der Waals surface area contributed by atoms with Crippen LogP contribution in [0.5, 0.6) is 0 Å². The van der Waals surface area contributed by atoms with Crippen molar-refractivity contribution in [1.29, 1.82) is 0 Å². The van der Waals surface area contributed by atoms with E-state index in [0.29, 0.717) is 15.9 Å². The third-order valence-electron chi connectivity index (χ3n) is 3.95. The number of nitrogens with two attached hydrogens (primary N) is 1. The topological polar surface area (TPSA) is 101 Å². The van der Waals surface area contributed by atoms with Crippen molar-refractivity contribution in [3.8, 4) is 11.3 Å². The number of aliphatic hydroxyl groups is 1. The molecular formula is C19H16BrFN4O2. The minimum Gasteiger partial charge on any atom is -0.394 e. The highest BCUT2D eigenvalue weighted by atomic mass is 79.9. The van der Waals surface area contributed by atoms with Crippen LogP contribution in [0.3, 0.4) is 0 Å². The van der Waals surface area contributed by atoms with Crippen LogP contribution in [0.25, 0.3) is 11.3 Å². The van der Waals surface area contributed by atoms with E-state index in [4.69, 9.17) is 5.73 Å². The smallest absolute Gasteiger partial charge is 0.254 e. The van der Waals surface area contributed by atoms with Crippen molar-refractivity contribution in [2.45, 2.75) is 6.04 Å². The molecule has 0 radical (unpaired) electrons. The summed E-state index contributed by atoms with van der Waals surface area (Å²) in [4.78, 5) is 20.6. The predicted molar refractivity (Wildman–Crippen MR) is 103 cm³/mol. The third-order valence-corrected chi connectivity index (χ3v) is 4.33. The second-order valence-corrected chi connectivity index (χ2v) is 6.55. The van der Waals surface area contributed by atoms with Crippen LogP contribution < -0.4 is 11.1 Å². The lowest BCUT2D eigenvalue weighted by atomic mass is 10.1. The summed E-state index contributed by atoms with van der Waals surface area (Å²) in [5.74, 6) is -1.20. The molecule has 0 spiro atoms. The van der Waals surface area contributed by atoms with Crippen molar-refractivity contribution in [3.05, 3.63) is 76.3 Å². The second-order valence-electron chi connectivity index (χ2n) is 5.74. The molecule has 27 heavy (non-hydrogen) atoms. The number of anilines is 1. The van der Waals surface area contributed by atoms with Crippen molar-refractivity contribution < 1.29 is 14.3 Å². The number of aliphatic hydroxyl groups excluding tert-OH is 1. The highest BCUT2D eigenvalue weighted by Gasteiger charge is 2.19. The van der Waals surface area contributed by atoms with Gasteiger partial charge in [0.05, 0.1) is 24.4 Å². The summed E-state index contributed by atoms with van der Waals surface area (Å²) in [5, 5.41) is 12.2. The standard InChI is InChI=1S/C19H16BrFN4O2/c20-16-9-23-18(22)17(25-16)12-6-7-13(14(21)8-12)19(27)24-15(10-26)11-4-2-1-3-5-11/h1-9,15,26H,10H2,(H2,22,23)(H,24,27). The van der Waals surface area contributed by atoms with Gasteiger partial charge in [-0.1, -0.05) is 36.4 Å². The van der Waals surface area contributed by atoms with Gasteiger partial charge in [0.1, 0.15) is 21.9 Å². The quantitative estimate of drug-likeness (QED) is 0.577. The van der Waals surface area contributed by atoms with Crippen LogP contribution in [0, 0.1) is 5.82 Å². The Labute approximate surface area is 163 Å². The fourth-order valence-corrected chi connectivity index (χ4v) is 2.87. The highest BCUT2D eigenvalue weighted by molar-refractivity contribution is 9.10. The van der Waals surface area contributed by atoms with Gasteiger partial charge in [0.25, 0.3) is 5.91 Å². The fourth-order valence-electron chi connectivity index (χ4n) is 2.59. The number of nitrogens with zero attached hydrogens (tertiary/aromatic N) is 2. The second kappa shape index (κ2) is 8.24. The largest absolute Gasteiger partial charge is 0.394 e. The number of hydrogen-bond acceptors (Lipinski definition) is 5. The monoisotopic (exact) mass is 430 g/mol. The molecule has 4 N–H and O–H groups in total. The number of hydrogen-bond donors (Lipinski definition) is 3. The molecule has 1 aromatic heterocycles. The number of halogens is 2. The number of benzene rings is 2. The number of carbonyl (C=O) groups excluding carboxylic acids is 1. The van der Waals surface area contributed by atoms with E-state index < -0.39 is 17.8 Å². The maximum Gasteiger partial charge on any atom is 0.254 e. The number of carbonyl (C=O) groups is 1. The van der Waals surface area contributed by atoms with E-state index in [1.807, 2.05) is 6.07 Å². The molecule has 0 saturated carbocycles. The first-order chi connectivity index (χ1) is 13.0. The average molecular weight is 431 g/mol. The lowest BCUT2D eigenvalue weighted by Crippen LogP contribution is -2.31. The highest BCUT2D eigenvalue weighted by Crippen LogP contribution is 2.26. The molecule has 3 aromatic rings. The Hall–Kier alpha value is -2.84. The Morgan fingerprint density at radius 3 is 2.67 bits per heavy atom. The first-order valence-corrected chi connectivity index (χ1v) is 8.83. The molecule has 6 nitrogen and oxygen atoms in total. The maximum absolute atomic E-state index is 14.6. The number of rotatable bonds is 5. The minimum absolute atomic E-state index is 0.144. The summed E-state index contributed by atoms with van der Waals surface area (Å²) in [6.45, 7) is -0.306. The lowest BCUT2D eigenvalue weighted by molar-refractivity contribution is 0.0912. The molecule has 2 aromatic carbocycles. The molecule has 0 fully saturated rings. The van der Waals surface area contributed by atoms with E-state index in [0.717, 1.165) is 5.56 Å². The Morgan fingerprint density at radius 2 is 2.00 bits per heavy atom. The maximum atomic E-state index is 14.6. The zero-order chi connectivity index (χ0) is 19.4. The van der Waals surface area contributed by atoms with E-state index >= 15 is 0 Å². The molecule has 3 rings (SSSR count). The zero-order valence-corrected chi connectivity index (χ0v) is 15.6. The Kier molecular flexibility index (Phi) is 5.78. The lowest BCUT2D eigenvalue weighted by Gasteiger charge is -2.17. The normalized spacial score (nSPS) is 11.8. The summed E-state index contributed by atoms with van der Waals surface area (Å²) in [6.07, 6.45) is 1.44. The van der Waals surface area contributed by atoms with Crippen LogP contribution in [0.4, 0.5) is 10.2 Å². The van der Waals surface area contributed by atoms with Gasteiger partial charge in [0.2, 0.25) is 0 Å². The third kappa shape index (κ3) is 4.29. The first kappa shape index (κ1) is 18.9. The van der Waals surface area contributed by atoms with Gasteiger partial charge in [-0.25, -0.2) is 14.4 Å². The van der Waals surface area contributed by atoms with Crippen LogP contribution in [0.1, 0.15) is 22.0 Å². The van der Waals surface area contributed by atoms with E-state index in [-0.39, 0.29) is 18.0 Å². The van der Waals surface area contributed by atoms with E-state index in [1.54, 1.807) is 30.3 Å². The van der Waals surface area contributed by atoms with Gasteiger partial charge < -0.3 is 16.2 Å². The van der Waals surface area contributed by atoms with Crippen molar-refractivity contribution in [2.75, 3.05) is 12.3 Å². The van der Waals surface area contributed by atoms with Gasteiger partial charge >= 0.3 is 0 Å². The molecule has 1 amide bonds. The molecule has 0 aliphatic heterocycles. The predicted octanol–water partition coefficient (Wildman–Crippen LogP) is 3.09. The van der Waals surface area contributed by atoms with Gasteiger partial charge in [0.15, 0.2) is 0 Å². The van der Waals surface area contributed by atoms with Crippen molar-refractivity contribution in [1.82, 2.24) is 15.3 Å². The number of nitrogens with one attached hydrogen (secondary N) is 1. The van der Waals surface area contributed by atoms with Crippen LogP contribution in [0.15, 0.2) is 59.3 Å². The molecule has 8 heteroatoms. The van der Waals surface area contributed by atoms with Crippen molar-refractivity contribution in [2.24, 2.45) is 0 Å².